The molecule has 26 heavy (non-hydrogen) atoms. The molecule has 2 heterocycles. The van der Waals surface area contributed by atoms with Crippen LogP contribution in [0.15, 0.2) is 30.5 Å². The number of nitrogens with one attached hydrogen (secondary N) is 2. The molecule has 1 saturated heterocycles. The van der Waals surface area contributed by atoms with Crippen molar-refractivity contribution in [1.29, 1.82) is 0 Å². The first kappa shape index (κ1) is 18.3. The predicted octanol–water partition coefficient (Wildman–Crippen LogP) is 3.23. The van der Waals surface area contributed by atoms with Crippen LogP contribution < -0.4 is 5.32 Å². The predicted molar refractivity (Wildman–Crippen MR) is 101 cm³/mol. The van der Waals surface area contributed by atoms with Crippen molar-refractivity contribution in [3.63, 3.8) is 0 Å². The van der Waals surface area contributed by atoms with Crippen LogP contribution >= 0.6 is 0 Å². The van der Waals surface area contributed by atoms with Gasteiger partial charge in [0.15, 0.2) is 0 Å². The summed E-state index contributed by atoms with van der Waals surface area (Å²) in [6.45, 7) is 3.48. The molecule has 2 amide bonds. The third kappa shape index (κ3) is 4.56. The SMILES string of the molecule is CCOC(=O)N1CCC(NC(=O)CCCc2c[nH]c3ccccc23)CC1. The summed E-state index contributed by atoms with van der Waals surface area (Å²) in [5.41, 5.74) is 2.40. The number of benzene rings is 1. The lowest BCUT2D eigenvalue weighted by Gasteiger charge is -2.31. The quantitative estimate of drug-likeness (QED) is 0.833. The molecule has 6 heteroatoms. The van der Waals surface area contributed by atoms with E-state index < -0.39 is 0 Å². The molecule has 140 valence electrons. The fourth-order valence-electron chi connectivity index (χ4n) is 3.50. The number of ether oxygens (including phenoxy) is 1. The van der Waals surface area contributed by atoms with Crippen molar-refractivity contribution < 1.29 is 14.3 Å². The largest absolute Gasteiger partial charge is 0.450 e. The number of rotatable bonds is 6. The molecule has 1 aromatic carbocycles. The maximum Gasteiger partial charge on any atom is 0.409 e. The van der Waals surface area contributed by atoms with E-state index in [2.05, 4.69) is 22.4 Å². The van der Waals surface area contributed by atoms with Crippen molar-refractivity contribution in [3.05, 3.63) is 36.0 Å². The van der Waals surface area contributed by atoms with Crippen molar-refractivity contribution in [2.45, 2.75) is 45.1 Å². The van der Waals surface area contributed by atoms with Gasteiger partial charge in [-0.05, 0) is 44.2 Å². The monoisotopic (exact) mass is 357 g/mol. The lowest BCUT2D eigenvalue weighted by atomic mass is 10.0. The van der Waals surface area contributed by atoms with Gasteiger partial charge in [0.1, 0.15) is 0 Å². The number of likely N-dealkylation sites (tertiary alicyclic amines) is 1. The van der Waals surface area contributed by atoms with Gasteiger partial charge in [-0.25, -0.2) is 4.79 Å². The van der Waals surface area contributed by atoms with Gasteiger partial charge >= 0.3 is 6.09 Å². The van der Waals surface area contributed by atoms with E-state index in [0.29, 0.717) is 26.1 Å². The van der Waals surface area contributed by atoms with Gasteiger partial charge in [0.25, 0.3) is 0 Å². The topological polar surface area (TPSA) is 74.4 Å². The summed E-state index contributed by atoms with van der Waals surface area (Å²) in [5.74, 6) is 0.0967. The van der Waals surface area contributed by atoms with Crippen LogP contribution in [-0.2, 0) is 16.0 Å². The minimum Gasteiger partial charge on any atom is -0.450 e. The average Bonchev–Trinajstić information content (AvgIpc) is 3.06. The molecule has 0 spiro atoms. The number of para-hydroxylation sites is 1. The van der Waals surface area contributed by atoms with Crippen LogP contribution in [0.25, 0.3) is 10.9 Å². The van der Waals surface area contributed by atoms with Gasteiger partial charge in [0.05, 0.1) is 6.61 Å². The first-order valence-electron chi connectivity index (χ1n) is 9.43. The average molecular weight is 357 g/mol. The van der Waals surface area contributed by atoms with Crippen LogP contribution in [0.5, 0.6) is 0 Å². The lowest BCUT2D eigenvalue weighted by molar-refractivity contribution is -0.122. The highest BCUT2D eigenvalue weighted by Crippen LogP contribution is 2.19. The summed E-state index contributed by atoms with van der Waals surface area (Å²) < 4.78 is 5.01. The maximum absolute atomic E-state index is 12.2. The molecule has 1 aliphatic rings. The Labute approximate surface area is 153 Å². The number of aromatic nitrogens is 1. The summed E-state index contributed by atoms with van der Waals surface area (Å²) in [4.78, 5) is 28.9. The Morgan fingerprint density at radius 1 is 1.27 bits per heavy atom. The number of H-pyrrole nitrogens is 1. The van der Waals surface area contributed by atoms with E-state index in [1.165, 1.54) is 10.9 Å². The number of carbonyl (C=O) groups excluding carboxylic acids is 2. The summed E-state index contributed by atoms with van der Waals surface area (Å²) in [6.07, 6.45) is 5.59. The molecule has 2 N–H and O–H groups in total. The normalized spacial score (nSPS) is 15.2. The van der Waals surface area contributed by atoms with Crippen molar-refractivity contribution in [1.82, 2.24) is 15.2 Å². The number of fused-ring (bicyclic) bond motifs is 1. The van der Waals surface area contributed by atoms with E-state index in [0.717, 1.165) is 31.2 Å². The summed E-state index contributed by atoms with van der Waals surface area (Å²) >= 11 is 0. The highest BCUT2D eigenvalue weighted by atomic mass is 16.6. The first-order valence-corrected chi connectivity index (χ1v) is 9.43. The van der Waals surface area contributed by atoms with Crippen LogP contribution in [0.3, 0.4) is 0 Å². The number of aromatic amines is 1. The number of nitrogens with zero attached hydrogens (tertiary/aromatic N) is 1. The summed E-state index contributed by atoms with van der Waals surface area (Å²) in [7, 11) is 0. The van der Waals surface area contributed by atoms with Crippen LogP contribution in [0, 0.1) is 0 Å². The third-order valence-electron chi connectivity index (χ3n) is 4.91. The Balaban J connectivity index is 1.38. The Bertz CT molecular complexity index is 748. The van der Waals surface area contributed by atoms with Gasteiger partial charge in [-0.2, -0.15) is 0 Å². The Hall–Kier alpha value is -2.50. The maximum atomic E-state index is 12.2. The van der Waals surface area contributed by atoms with Crippen LogP contribution in [0.1, 0.15) is 38.2 Å². The minimum atomic E-state index is -0.254. The second-order valence-electron chi connectivity index (χ2n) is 6.74. The van der Waals surface area contributed by atoms with Gasteiger partial charge in [-0.3, -0.25) is 4.79 Å². The fourth-order valence-corrected chi connectivity index (χ4v) is 3.50. The number of piperidine rings is 1. The number of amides is 2. The highest BCUT2D eigenvalue weighted by molar-refractivity contribution is 5.83. The van der Waals surface area contributed by atoms with Crippen molar-refractivity contribution in [2.75, 3.05) is 19.7 Å². The molecule has 3 rings (SSSR count). The van der Waals surface area contributed by atoms with Gasteiger partial charge < -0.3 is 19.9 Å². The molecule has 0 unspecified atom stereocenters. The standard InChI is InChI=1S/C20H27N3O3/c1-2-26-20(25)23-12-10-16(11-13-23)22-19(24)9-5-6-15-14-21-18-8-4-3-7-17(15)18/h3-4,7-8,14,16,21H,2,5-6,9-13H2,1H3,(H,22,24). The zero-order valence-electron chi connectivity index (χ0n) is 15.3. The Morgan fingerprint density at radius 2 is 2.04 bits per heavy atom. The first-order chi connectivity index (χ1) is 12.7. The van der Waals surface area contributed by atoms with Crippen LogP contribution in [-0.4, -0.2) is 47.6 Å². The van der Waals surface area contributed by atoms with Crippen molar-refractivity contribution in [2.24, 2.45) is 0 Å². The number of carbonyl (C=O) groups is 2. The fraction of sp³-hybridized carbons (Fsp3) is 0.500. The van der Waals surface area contributed by atoms with Gasteiger partial charge in [-0.1, -0.05) is 18.2 Å². The molecule has 0 aliphatic carbocycles. The molecule has 6 nitrogen and oxygen atoms in total. The van der Waals surface area contributed by atoms with Crippen molar-refractivity contribution in [3.8, 4) is 0 Å². The van der Waals surface area contributed by atoms with E-state index in [4.69, 9.17) is 4.74 Å². The second-order valence-corrected chi connectivity index (χ2v) is 6.74. The minimum absolute atomic E-state index is 0.0967. The van der Waals surface area contributed by atoms with E-state index in [-0.39, 0.29) is 18.0 Å². The second kappa shape index (κ2) is 8.74. The van der Waals surface area contributed by atoms with Crippen LogP contribution in [0.4, 0.5) is 4.79 Å². The molecular formula is C20H27N3O3. The summed E-state index contributed by atoms with van der Waals surface area (Å²) in [5, 5.41) is 4.34. The molecule has 0 bridgehead atoms. The summed E-state index contributed by atoms with van der Waals surface area (Å²) in [6, 6.07) is 8.38. The van der Waals surface area contributed by atoms with Crippen LogP contribution in [0.2, 0.25) is 0 Å². The zero-order valence-corrected chi connectivity index (χ0v) is 15.3. The molecule has 1 aliphatic heterocycles. The molecule has 2 aromatic rings. The number of aryl methyl sites for hydroxylation is 1. The lowest BCUT2D eigenvalue weighted by Crippen LogP contribution is -2.46. The highest BCUT2D eigenvalue weighted by Gasteiger charge is 2.24. The Morgan fingerprint density at radius 3 is 2.81 bits per heavy atom. The van der Waals surface area contributed by atoms with Gasteiger partial charge in [-0.15, -0.1) is 0 Å². The number of hydrogen-bond acceptors (Lipinski definition) is 3. The van der Waals surface area contributed by atoms with E-state index in [1.54, 1.807) is 11.8 Å². The van der Waals surface area contributed by atoms with Gasteiger partial charge in [0, 0.05) is 42.7 Å². The molecule has 0 saturated carbocycles. The molecular weight excluding hydrogens is 330 g/mol. The van der Waals surface area contributed by atoms with E-state index in [9.17, 15) is 9.59 Å². The van der Waals surface area contributed by atoms with E-state index in [1.807, 2.05) is 18.3 Å². The third-order valence-corrected chi connectivity index (χ3v) is 4.91. The number of hydrogen-bond donors (Lipinski definition) is 2. The molecule has 0 atom stereocenters. The van der Waals surface area contributed by atoms with Gasteiger partial charge in [0.2, 0.25) is 5.91 Å². The molecule has 1 fully saturated rings. The molecule has 0 radical (unpaired) electrons. The smallest absolute Gasteiger partial charge is 0.409 e. The van der Waals surface area contributed by atoms with E-state index >= 15 is 0 Å². The Kier molecular flexibility index (Phi) is 6.15. The van der Waals surface area contributed by atoms with Crippen molar-refractivity contribution >= 4 is 22.9 Å². The zero-order chi connectivity index (χ0) is 18.4. The molecule has 1 aromatic heterocycles.